The molecule has 4 aliphatic rings. The highest BCUT2D eigenvalue weighted by molar-refractivity contribution is 5.91. The molecule has 0 aliphatic heterocycles. The lowest BCUT2D eigenvalue weighted by molar-refractivity contribution is -0.118. The Balaban J connectivity index is 1.35. The van der Waals surface area contributed by atoms with E-state index in [1.165, 1.54) is 18.4 Å². The molecule has 5 rings (SSSR count). The Morgan fingerprint density at radius 1 is 0.967 bits per heavy atom. The molecular formula is C27H34O3. The summed E-state index contributed by atoms with van der Waals surface area (Å²) in [5, 5.41) is 0. The summed E-state index contributed by atoms with van der Waals surface area (Å²) >= 11 is 0. The summed E-state index contributed by atoms with van der Waals surface area (Å²) in [6.45, 7) is 6.84. The van der Waals surface area contributed by atoms with Crippen LogP contribution in [0.5, 0.6) is 0 Å². The second-order valence-electron chi connectivity index (χ2n) is 10.9. The zero-order valence-electron chi connectivity index (χ0n) is 18.6. The number of benzene rings is 1. The lowest BCUT2D eigenvalue weighted by Crippen LogP contribution is -2.51. The fourth-order valence-corrected chi connectivity index (χ4v) is 7.59. The summed E-state index contributed by atoms with van der Waals surface area (Å²) in [6.07, 6.45) is 10.5. The third-order valence-corrected chi connectivity index (χ3v) is 9.41. The van der Waals surface area contributed by atoms with Gasteiger partial charge in [0.2, 0.25) is 0 Å². The Hall–Kier alpha value is -1.90. The molecule has 0 saturated heterocycles. The molecule has 3 nitrogen and oxygen atoms in total. The van der Waals surface area contributed by atoms with Crippen LogP contribution in [0.2, 0.25) is 0 Å². The summed E-state index contributed by atoms with van der Waals surface area (Å²) < 4.78 is 6.14. The predicted molar refractivity (Wildman–Crippen MR) is 117 cm³/mol. The number of ketones is 1. The van der Waals surface area contributed by atoms with Crippen molar-refractivity contribution in [3.8, 4) is 0 Å². The average molecular weight is 407 g/mol. The van der Waals surface area contributed by atoms with Crippen LogP contribution in [0.25, 0.3) is 0 Å². The number of allylic oxidation sites excluding steroid dienone is 1. The van der Waals surface area contributed by atoms with E-state index in [1.54, 1.807) is 0 Å². The third kappa shape index (κ3) is 2.99. The van der Waals surface area contributed by atoms with Gasteiger partial charge in [-0.1, -0.05) is 37.1 Å². The first-order chi connectivity index (χ1) is 14.3. The van der Waals surface area contributed by atoms with Gasteiger partial charge in [0.1, 0.15) is 6.10 Å². The smallest absolute Gasteiger partial charge is 0.338 e. The van der Waals surface area contributed by atoms with Crippen molar-refractivity contribution in [1.29, 1.82) is 0 Å². The van der Waals surface area contributed by atoms with E-state index in [1.807, 2.05) is 37.3 Å². The molecule has 3 fully saturated rings. The standard InChI is InChI=1S/C27H34O3/c1-17-4-6-18(7-5-17)25(29)30-24-11-10-22-21-9-8-19-16-20(28)12-14-26(19,2)23(21)13-15-27(22,24)3/h4-7,16,21-24H,8-15H2,1-3H3/t21-,22-,23+,24?,26-,27-/m0/s1. The molecule has 1 aromatic carbocycles. The summed E-state index contributed by atoms with van der Waals surface area (Å²) in [7, 11) is 0. The number of carbonyl (C=O) groups excluding carboxylic acids is 2. The van der Waals surface area contributed by atoms with E-state index in [9.17, 15) is 9.59 Å². The van der Waals surface area contributed by atoms with Crippen LogP contribution in [0.3, 0.4) is 0 Å². The van der Waals surface area contributed by atoms with Crippen molar-refractivity contribution in [1.82, 2.24) is 0 Å². The number of hydrogen-bond acceptors (Lipinski definition) is 3. The van der Waals surface area contributed by atoms with Crippen LogP contribution >= 0.6 is 0 Å². The lowest BCUT2D eigenvalue weighted by atomic mass is 9.47. The Bertz CT molecular complexity index is 897. The molecule has 6 atom stereocenters. The summed E-state index contributed by atoms with van der Waals surface area (Å²) in [5.74, 6) is 2.15. The molecule has 160 valence electrons. The van der Waals surface area contributed by atoms with Crippen molar-refractivity contribution in [3.63, 3.8) is 0 Å². The molecule has 0 amide bonds. The molecule has 1 unspecified atom stereocenters. The molecule has 1 aromatic rings. The van der Waals surface area contributed by atoms with E-state index in [4.69, 9.17) is 4.74 Å². The van der Waals surface area contributed by atoms with Crippen molar-refractivity contribution in [2.45, 2.75) is 78.2 Å². The zero-order chi connectivity index (χ0) is 21.1. The Morgan fingerprint density at radius 2 is 1.73 bits per heavy atom. The summed E-state index contributed by atoms with van der Waals surface area (Å²) in [6, 6.07) is 7.71. The topological polar surface area (TPSA) is 43.4 Å². The van der Waals surface area contributed by atoms with Gasteiger partial charge in [0, 0.05) is 11.8 Å². The minimum Gasteiger partial charge on any atom is -0.458 e. The van der Waals surface area contributed by atoms with Gasteiger partial charge in [-0.2, -0.15) is 0 Å². The van der Waals surface area contributed by atoms with Crippen LogP contribution in [0.1, 0.15) is 81.1 Å². The molecule has 3 saturated carbocycles. The number of ether oxygens (including phenoxy) is 1. The molecule has 0 spiro atoms. The zero-order valence-corrected chi connectivity index (χ0v) is 18.6. The maximum Gasteiger partial charge on any atom is 0.338 e. The largest absolute Gasteiger partial charge is 0.458 e. The monoisotopic (exact) mass is 406 g/mol. The first-order valence-corrected chi connectivity index (χ1v) is 11.8. The van der Waals surface area contributed by atoms with E-state index in [2.05, 4.69) is 13.8 Å². The lowest BCUT2D eigenvalue weighted by Gasteiger charge is -2.57. The molecule has 3 heteroatoms. The maximum atomic E-state index is 12.8. The third-order valence-electron chi connectivity index (χ3n) is 9.41. The van der Waals surface area contributed by atoms with Crippen LogP contribution in [-0.4, -0.2) is 17.9 Å². The van der Waals surface area contributed by atoms with Crippen molar-refractivity contribution in [3.05, 3.63) is 47.0 Å². The second-order valence-corrected chi connectivity index (χ2v) is 10.9. The van der Waals surface area contributed by atoms with Gasteiger partial charge in [0.05, 0.1) is 5.56 Å². The van der Waals surface area contributed by atoms with Gasteiger partial charge >= 0.3 is 5.97 Å². The minimum atomic E-state index is -0.171. The van der Waals surface area contributed by atoms with Crippen molar-refractivity contribution in [2.75, 3.05) is 0 Å². The van der Waals surface area contributed by atoms with Gasteiger partial charge in [-0.05, 0) is 93.2 Å². The highest BCUT2D eigenvalue weighted by Crippen LogP contribution is 2.65. The first kappa shape index (κ1) is 20.0. The van der Waals surface area contributed by atoms with E-state index < -0.39 is 0 Å². The van der Waals surface area contributed by atoms with Gasteiger partial charge in [-0.15, -0.1) is 0 Å². The minimum absolute atomic E-state index is 0.0231. The average Bonchev–Trinajstić information content (AvgIpc) is 3.05. The number of hydrogen-bond donors (Lipinski definition) is 0. The summed E-state index contributed by atoms with van der Waals surface area (Å²) in [5.41, 5.74) is 3.52. The van der Waals surface area contributed by atoms with Gasteiger partial charge in [-0.25, -0.2) is 4.79 Å². The summed E-state index contributed by atoms with van der Waals surface area (Å²) in [4.78, 5) is 24.8. The van der Waals surface area contributed by atoms with Crippen molar-refractivity contribution >= 4 is 11.8 Å². The van der Waals surface area contributed by atoms with Crippen LogP contribution in [-0.2, 0) is 9.53 Å². The number of fused-ring (bicyclic) bond motifs is 5. The number of esters is 1. The predicted octanol–water partition coefficient (Wildman–Crippen LogP) is 6.05. The number of carbonyl (C=O) groups is 2. The number of aryl methyl sites for hydroxylation is 1. The van der Waals surface area contributed by atoms with E-state index in [-0.39, 0.29) is 22.9 Å². The quantitative estimate of drug-likeness (QED) is 0.561. The maximum absolute atomic E-state index is 12.8. The van der Waals surface area contributed by atoms with E-state index in [0.29, 0.717) is 35.5 Å². The molecule has 0 radical (unpaired) electrons. The molecule has 0 N–H and O–H groups in total. The highest BCUT2D eigenvalue weighted by Gasteiger charge is 2.59. The van der Waals surface area contributed by atoms with Gasteiger partial charge in [-0.3, -0.25) is 4.79 Å². The Labute approximate surface area is 180 Å². The van der Waals surface area contributed by atoms with Gasteiger partial charge < -0.3 is 4.74 Å². The van der Waals surface area contributed by atoms with E-state index >= 15 is 0 Å². The highest BCUT2D eigenvalue weighted by atomic mass is 16.5. The number of rotatable bonds is 2. The van der Waals surface area contributed by atoms with Crippen LogP contribution < -0.4 is 0 Å². The van der Waals surface area contributed by atoms with Gasteiger partial charge in [0.25, 0.3) is 0 Å². The van der Waals surface area contributed by atoms with Crippen LogP contribution in [0.4, 0.5) is 0 Å². The van der Waals surface area contributed by atoms with Crippen molar-refractivity contribution in [2.24, 2.45) is 28.6 Å². The molecule has 0 heterocycles. The molecule has 0 aromatic heterocycles. The fraction of sp³-hybridized carbons (Fsp3) is 0.630. The SMILES string of the molecule is Cc1ccc(C(=O)OC2CC[C@H]3[C@@H]4CCC5=CC(=O)CC[C@]5(C)[C@@H]4CC[C@]23C)cc1. The molecule has 0 bridgehead atoms. The fourth-order valence-electron chi connectivity index (χ4n) is 7.59. The molecule has 4 aliphatic carbocycles. The molecular weight excluding hydrogens is 372 g/mol. The first-order valence-electron chi connectivity index (χ1n) is 11.8. The Morgan fingerprint density at radius 3 is 2.50 bits per heavy atom. The Kier molecular flexibility index (Phi) is 4.72. The van der Waals surface area contributed by atoms with E-state index in [0.717, 1.165) is 37.7 Å². The van der Waals surface area contributed by atoms with Crippen LogP contribution in [0, 0.1) is 35.5 Å². The second kappa shape index (κ2) is 7.07. The normalized spacial score (nSPS) is 40.1. The van der Waals surface area contributed by atoms with Crippen LogP contribution in [0.15, 0.2) is 35.9 Å². The molecule has 30 heavy (non-hydrogen) atoms. The van der Waals surface area contributed by atoms with Gasteiger partial charge in [0.15, 0.2) is 5.78 Å². The van der Waals surface area contributed by atoms with Crippen molar-refractivity contribution < 1.29 is 14.3 Å².